The van der Waals surface area contributed by atoms with Crippen LogP contribution >= 0.6 is 0 Å². The summed E-state index contributed by atoms with van der Waals surface area (Å²) in [5, 5.41) is 10.3. The lowest BCUT2D eigenvalue weighted by atomic mass is 10.2. The Kier molecular flexibility index (Phi) is 5.68. The second-order valence-corrected chi connectivity index (χ2v) is 5.11. The van der Waals surface area contributed by atoms with Gasteiger partial charge in [0.25, 0.3) is 0 Å². The van der Waals surface area contributed by atoms with Crippen molar-refractivity contribution in [3.8, 4) is 5.69 Å². The first-order valence-electron chi connectivity index (χ1n) is 7.23. The Morgan fingerprint density at radius 2 is 2.14 bits per heavy atom. The summed E-state index contributed by atoms with van der Waals surface area (Å²) in [5.41, 5.74) is 3.70. The van der Waals surface area contributed by atoms with Crippen LogP contribution in [0.15, 0.2) is 30.3 Å². The van der Waals surface area contributed by atoms with Gasteiger partial charge < -0.3 is 15.4 Å². The van der Waals surface area contributed by atoms with Crippen LogP contribution in [0, 0.1) is 13.8 Å². The molecule has 0 spiro atoms. The average Bonchev–Trinajstić information content (AvgIpc) is 2.83. The highest BCUT2D eigenvalue weighted by Crippen LogP contribution is 2.16. The number of ether oxygens (including phenoxy) is 1. The summed E-state index contributed by atoms with van der Waals surface area (Å²) >= 11 is 0. The van der Waals surface area contributed by atoms with Crippen LogP contribution in [0.5, 0.6) is 0 Å². The number of carbonyl (C=O) groups excluding carboxylic acids is 1. The lowest BCUT2D eigenvalue weighted by Gasteiger charge is -2.09. The SMILES string of the molecule is COCCNCC(=O)Nc1cccc(-n2nc(C)cc2C)c1. The average molecular weight is 302 g/mol. The number of amides is 1. The van der Waals surface area contributed by atoms with Crippen molar-refractivity contribution in [1.29, 1.82) is 0 Å². The maximum Gasteiger partial charge on any atom is 0.238 e. The molecule has 0 saturated heterocycles. The second kappa shape index (κ2) is 7.72. The molecule has 6 nitrogen and oxygen atoms in total. The summed E-state index contributed by atoms with van der Waals surface area (Å²) in [6, 6.07) is 9.66. The highest BCUT2D eigenvalue weighted by atomic mass is 16.5. The van der Waals surface area contributed by atoms with Gasteiger partial charge in [-0.05, 0) is 38.1 Å². The Hall–Kier alpha value is -2.18. The molecule has 0 unspecified atom stereocenters. The monoisotopic (exact) mass is 302 g/mol. The van der Waals surface area contributed by atoms with Gasteiger partial charge in [-0.15, -0.1) is 0 Å². The Morgan fingerprint density at radius 3 is 2.82 bits per heavy atom. The van der Waals surface area contributed by atoms with Crippen LogP contribution < -0.4 is 10.6 Å². The predicted octanol–water partition coefficient (Wildman–Crippen LogP) is 1.66. The molecule has 0 bridgehead atoms. The fourth-order valence-corrected chi connectivity index (χ4v) is 2.19. The van der Waals surface area contributed by atoms with Gasteiger partial charge in [-0.1, -0.05) is 6.07 Å². The standard InChI is InChI=1S/C16H22N4O2/c1-12-9-13(2)20(19-12)15-6-4-5-14(10-15)18-16(21)11-17-7-8-22-3/h4-6,9-10,17H,7-8,11H2,1-3H3,(H,18,21). The van der Waals surface area contributed by atoms with Gasteiger partial charge in [-0.2, -0.15) is 5.10 Å². The van der Waals surface area contributed by atoms with E-state index in [9.17, 15) is 4.79 Å². The number of hydrogen-bond acceptors (Lipinski definition) is 4. The van der Waals surface area contributed by atoms with Gasteiger partial charge in [0, 0.05) is 25.0 Å². The third kappa shape index (κ3) is 4.41. The molecule has 0 saturated carbocycles. The first-order chi connectivity index (χ1) is 10.6. The Balaban J connectivity index is 2.00. The molecule has 0 aliphatic rings. The zero-order valence-electron chi connectivity index (χ0n) is 13.2. The normalized spacial score (nSPS) is 10.7. The number of hydrogen-bond donors (Lipinski definition) is 2. The third-order valence-electron chi connectivity index (χ3n) is 3.15. The smallest absolute Gasteiger partial charge is 0.238 e. The summed E-state index contributed by atoms with van der Waals surface area (Å²) in [5.74, 6) is -0.0818. The molecule has 2 aromatic rings. The van der Waals surface area contributed by atoms with E-state index in [0.717, 1.165) is 22.8 Å². The number of nitrogens with zero attached hydrogens (tertiary/aromatic N) is 2. The van der Waals surface area contributed by atoms with Gasteiger partial charge in [-0.3, -0.25) is 4.79 Å². The molecule has 6 heteroatoms. The van der Waals surface area contributed by atoms with Gasteiger partial charge in [0.2, 0.25) is 5.91 Å². The minimum atomic E-state index is -0.0818. The molecule has 0 atom stereocenters. The molecular formula is C16H22N4O2. The third-order valence-corrected chi connectivity index (χ3v) is 3.15. The quantitative estimate of drug-likeness (QED) is 0.763. The number of carbonyl (C=O) groups is 1. The number of aromatic nitrogens is 2. The van der Waals surface area contributed by atoms with Crippen LogP contribution in [0.3, 0.4) is 0 Å². The molecule has 1 aromatic carbocycles. The molecular weight excluding hydrogens is 280 g/mol. The van der Waals surface area contributed by atoms with Crippen LogP contribution in [-0.4, -0.2) is 42.5 Å². The van der Waals surface area contributed by atoms with Gasteiger partial charge in [-0.25, -0.2) is 4.68 Å². The van der Waals surface area contributed by atoms with Gasteiger partial charge >= 0.3 is 0 Å². The van der Waals surface area contributed by atoms with Crippen LogP contribution in [-0.2, 0) is 9.53 Å². The van der Waals surface area contributed by atoms with Crippen molar-refractivity contribution in [2.24, 2.45) is 0 Å². The van der Waals surface area contributed by atoms with Crippen LogP contribution in [0.25, 0.3) is 5.69 Å². The largest absolute Gasteiger partial charge is 0.383 e. The minimum absolute atomic E-state index is 0.0818. The number of rotatable bonds is 7. The number of benzene rings is 1. The molecule has 0 aliphatic carbocycles. The molecule has 0 fully saturated rings. The molecule has 1 heterocycles. The summed E-state index contributed by atoms with van der Waals surface area (Å²) < 4.78 is 6.78. The molecule has 0 aliphatic heterocycles. The van der Waals surface area contributed by atoms with E-state index in [4.69, 9.17) is 4.74 Å². The summed E-state index contributed by atoms with van der Waals surface area (Å²) in [6.07, 6.45) is 0. The number of nitrogens with one attached hydrogen (secondary N) is 2. The highest BCUT2D eigenvalue weighted by molar-refractivity contribution is 5.92. The fourth-order valence-electron chi connectivity index (χ4n) is 2.19. The van der Waals surface area contributed by atoms with E-state index in [-0.39, 0.29) is 12.5 Å². The lowest BCUT2D eigenvalue weighted by molar-refractivity contribution is -0.115. The topological polar surface area (TPSA) is 68.2 Å². The van der Waals surface area contributed by atoms with Crippen molar-refractivity contribution in [3.05, 3.63) is 41.7 Å². The van der Waals surface area contributed by atoms with E-state index >= 15 is 0 Å². The highest BCUT2D eigenvalue weighted by Gasteiger charge is 2.06. The van der Waals surface area contributed by atoms with Crippen LogP contribution in [0.4, 0.5) is 5.69 Å². The van der Waals surface area contributed by atoms with Gasteiger partial charge in [0.05, 0.1) is 24.5 Å². The molecule has 2 N–H and O–H groups in total. The second-order valence-electron chi connectivity index (χ2n) is 5.11. The van der Waals surface area contributed by atoms with E-state index < -0.39 is 0 Å². The van der Waals surface area contributed by atoms with E-state index in [1.54, 1.807) is 7.11 Å². The predicted molar refractivity (Wildman–Crippen MR) is 86.4 cm³/mol. The number of methoxy groups -OCH3 is 1. The molecule has 118 valence electrons. The van der Waals surface area contributed by atoms with Crippen molar-refractivity contribution in [3.63, 3.8) is 0 Å². The van der Waals surface area contributed by atoms with Crippen molar-refractivity contribution >= 4 is 11.6 Å². The summed E-state index contributed by atoms with van der Waals surface area (Å²) in [7, 11) is 1.63. The molecule has 1 amide bonds. The maximum atomic E-state index is 11.9. The number of anilines is 1. The van der Waals surface area contributed by atoms with Crippen LogP contribution in [0.1, 0.15) is 11.4 Å². The summed E-state index contributed by atoms with van der Waals surface area (Å²) in [4.78, 5) is 11.9. The van der Waals surface area contributed by atoms with Crippen molar-refractivity contribution in [2.45, 2.75) is 13.8 Å². The van der Waals surface area contributed by atoms with Crippen molar-refractivity contribution < 1.29 is 9.53 Å². The van der Waals surface area contributed by atoms with Crippen molar-refractivity contribution in [1.82, 2.24) is 15.1 Å². The molecule has 2 rings (SSSR count). The van der Waals surface area contributed by atoms with Gasteiger partial charge in [0.1, 0.15) is 0 Å². The van der Waals surface area contributed by atoms with E-state index in [0.29, 0.717) is 13.2 Å². The minimum Gasteiger partial charge on any atom is -0.383 e. The molecule has 1 aromatic heterocycles. The first kappa shape index (κ1) is 16.2. The van der Waals surface area contributed by atoms with Gasteiger partial charge in [0.15, 0.2) is 0 Å². The molecule has 22 heavy (non-hydrogen) atoms. The Labute approximate surface area is 130 Å². The molecule has 0 radical (unpaired) electrons. The zero-order chi connectivity index (χ0) is 15.9. The lowest BCUT2D eigenvalue weighted by Crippen LogP contribution is -2.30. The maximum absolute atomic E-state index is 11.9. The number of aryl methyl sites for hydroxylation is 2. The van der Waals surface area contributed by atoms with E-state index in [1.165, 1.54) is 0 Å². The van der Waals surface area contributed by atoms with E-state index in [2.05, 4.69) is 15.7 Å². The van der Waals surface area contributed by atoms with Crippen LogP contribution in [0.2, 0.25) is 0 Å². The fraction of sp³-hybridized carbons (Fsp3) is 0.375. The first-order valence-corrected chi connectivity index (χ1v) is 7.23. The Bertz CT molecular complexity index is 637. The zero-order valence-corrected chi connectivity index (χ0v) is 13.2. The summed E-state index contributed by atoms with van der Waals surface area (Å²) in [6.45, 7) is 5.45. The van der Waals surface area contributed by atoms with Crippen molar-refractivity contribution in [2.75, 3.05) is 32.1 Å². The Morgan fingerprint density at radius 1 is 1.32 bits per heavy atom. The van der Waals surface area contributed by atoms with E-state index in [1.807, 2.05) is 48.9 Å².